The number of aryl methyl sites for hydroxylation is 2. The lowest BCUT2D eigenvalue weighted by Crippen LogP contribution is -2.36. The lowest BCUT2D eigenvalue weighted by atomic mass is 9.93. The van der Waals surface area contributed by atoms with Gasteiger partial charge in [-0.15, -0.1) is 5.10 Å². The third-order valence-electron chi connectivity index (χ3n) is 5.14. The number of rotatable bonds is 4. The fraction of sp³-hybridized carbons (Fsp3) is 0.0870. The smallest absolute Gasteiger partial charge is 0.258 e. The summed E-state index contributed by atoms with van der Waals surface area (Å²) in [6.45, 7) is 0.707. The number of imide groups is 1. The molecule has 1 aliphatic heterocycles. The van der Waals surface area contributed by atoms with E-state index in [0.717, 1.165) is 23.0 Å². The van der Waals surface area contributed by atoms with Gasteiger partial charge >= 0.3 is 0 Å². The summed E-state index contributed by atoms with van der Waals surface area (Å²) in [6.07, 6.45) is 6.16. The minimum Gasteiger partial charge on any atom is -0.288 e. The Morgan fingerprint density at radius 1 is 0.933 bits per heavy atom. The molecule has 7 nitrogen and oxygen atoms in total. The summed E-state index contributed by atoms with van der Waals surface area (Å²) < 4.78 is 1.87. The second kappa shape index (κ2) is 7.36. The molecule has 7 heteroatoms. The minimum atomic E-state index is -0.403. The van der Waals surface area contributed by atoms with Crippen molar-refractivity contribution in [2.45, 2.75) is 13.0 Å². The highest BCUT2D eigenvalue weighted by atomic mass is 16.2. The van der Waals surface area contributed by atoms with Crippen LogP contribution in [0.25, 0.3) is 22.7 Å². The van der Waals surface area contributed by atoms with Crippen molar-refractivity contribution < 1.29 is 9.59 Å². The molecule has 0 saturated heterocycles. The molecule has 30 heavy (non-hydrogen) atoms. The van der Waals surface area contributed by atoms with Crippen LogP contribution in [-0.2, 0) is 17.8 Å². The predicted molar refractivity (Wildman–Crippen MR) is 112 cm³/mol. The molecule has 0 unspecified atom stereocenters. The van der Waals surface area contributed by atoms with Gasteiger partial charge in [-0.3, -0.25) is 19.9 Å². The molecule has 0 atom stereocenters. The Bertz CT molecular complexity index is 1310. The normalized spacial score (nSPS) is 14.7. The van der Waals surface area contributed by atoms with Gasteiger partial charge in [0.1, 0.15) is 5.52 Å². The molecule has 0 aliphatic carbocycles. The van der Waals surface area contributed by atoms with E-state index in [1.54, 1.807) is 36.7 Å². The molecule has 5 rings (SSSR count). The summed E-state index contributed by atoms with van der Waals surface area (Å²) in [4.78, 5) is 28.5. The fourth-order valence-corrected chi connectivity index (χ4v) is 3.61. The van der Waals surface area contributed by atoms with Crippen LogP contribution >= 0.6 is 0 Å². The second-order valence-corrected chi connectivity index (χ2v) is 7.05. The minimum absolute atomic E-state index is 0.375. The number of fused-ring (bicyclic) bond motifs is 2. The van der Waals surface area contributed by atoms with E-state index < -0.39 is 5.91 Å². The molecule has 0 saturated carbocycles. The van der Waals surface area contributed by atoms with Crippen LogP contribution < -0.4 is 5.32 Å². The first-order valence-corrected chi connectivity index (χ1v) is 9.58. The first-order chi connectivity index (χ1) is 14.7. The molecule has 2 aromatic heterocycles. The Kier molecular flexibility index (Phi) is 4.40. The van der Waals surface area contributed by atoms with Crippen molar-refractivity contribution >= 4 is 34.5 Å². The summed E-state index contributed by atoms with van der Waals surface area (Å²) in [5.74, 6) is -0.778. The maximum Gasteiger partial charge on any atom is 0.258 e. The lowest BCUT2D eigenvalue weighted by molar-refractivity contribution is -0.114. The third kappa shape index (κ3) is 3.26. The summed E-state index contributed by atoms with van der Waals surface area (Å²) in [6, 6.07) is 16.8. The van der Waals surface area contributed by atoms with Crippen molar-refractivity contribution in [3.63, 3.8) is 0 Å². The van der Waals surface area contributed by atoms with Gasteiger partial charge in [0.05, 0.1) is 5.52 Å². The Hall–Kier alpha value is -4.13. The van der Waals surface area contributed by atoms with E-state index in [-0.39, 0.29) is 5.91 Å². The highest BCUT2D eigenvalue weighted by Crippen LogP contribution is 2.26. The number of pyridine rings is 1. The standard InChI is InChI=1S/C23H17N5O2/c29-22-18-4-2-1-3-17(18)19(23(30)25-22)13-16-5-6-21-20(14-16)26-27-28(21)12-9-15-7-10-24-11-8-15/h1-8,10-11,13-14H,9,12H2,(H,25,29,30). The molecule has 4 aromatic rings. The second-order valence-electron chi connectivity index (χ2n) is 7.05. The topological polar surface area (TPSA) is 89.8 Å². The number of hydrogen-bond acceptors (Lipinski definition) is 5. The molecule has 1 aliphatic rings. The molecule has 0 spiro atoms. The average Bonchev–Trinajstić information content (AvgIpc) is 3.18. The number of carbonyl (C=O) groups is 2. The van der Waals surface area contributed by atoms with E-state index in [1.807, 2.05) is 41.1 Å². The SMILES string of the molecule is O=C1NC(=O)c2ccccc2C1=Cc1ccc2c(c1)nnn2CCc1ccncc1. The average molecular weight is 395 g/mol. The third-order valence-corrected chi connectivity index (χ3v) is 5.14. The monoisotopic (exact) mass is 395 g/mol. The van der Waals surface area contributed by atoms with Gasteiger partial charge in [-0.1, -0.05) is 29.5 Å². The quantitative estimate of drug-likeness (QED) is 0.424. The summed E-state index contributed by atoms with van der Waals surface area (Å²) >= 11 is 0. The van der Waals surface area contributed by atoms with E-state index >= 15 is 0 Å². The Morgan fingerprint density at radius 3 is 2.57 bits per heavy atom. The molecular formula is C23H17N5O2. The van der Waals surface area contributed by atoms with Crippen molar-refractivity contribution in [3.8, 4) is 0 Å². The zero-order chi connectivity index (χ0) is 20.5. The lowest BCUT2D eigenvalue weighted by Gasteiger charge is -2.18. The number of aromatic nitrogens is 4. The van der Waals surface area contributed by atoms with Crippen LogP contribution in [0.15, 0.2) is 67.0 Å². The van der Waals surface area contributed by atoms with E-state index in [4.69, 9.17) is 0 Å². The van der Waals surface area contributed by atoms with Crippen LogP contribution in [0.4, 0.5) is 0 Å². The molecule has 0 fully saturated rings. The summed E-state index contributed by atoms with van der Waals surface area (Å²) in [5, 5.41) is 10.9. The first-order valence-electron chi connectivity index (χ1n) is 9.58. The number of benzene rings is 2. The van der Waals surface area contributed by atoms with Crippen LogP contribution in [0.2, 0.25) is 0 Å². The zero-order valence-electron chi connectivity index (χ0n) is 15.9. The molecule has 1 N–H and O–H groups in total. The summed E-state index contributed by atoms with van der Waals surface area (Å²) in [5.41, 5.74) is 5.26. The maximum atomic E-state index is 12.4. The molecule has 146 valence electrons. The largest absolute Gasteiger partial charge is 0.288 e. The Labute approximate surface area is 172 Å². The van der Waals surface area contributed by atoms with Gasteiger partial charge < -0.3 is 0 Å². The van der Waals surface area contributed by atoms with Crippen molar-refractivity contribution in [2.75, 3.05) is 0 Å². The van der Waals surface area contributed by atoms with Crippen molar-refractivity contribution in [1.82, 2.24) is 25.3 Å². The molecular weight excluding hydrogens is 378 g/mol. The van der Waals surface area contributed by atoms with Crippen LogP contribution in [0.3, 0.4) is 0 Å². The molecule has 3 heterocycles. The Morgan fingerprint density at radius 2 is 1.73 bits per heavy atom. The van der Waals surface area contributed by atoms with Crippen molar-refractivity contribution in [2.24, 2.45) is 0 Å². The van der Waals surface area contributed by atoms with Crippen LogP contribution in [0, 0.1) is 0 Å². The van der Waals surface area contributed by atoms with E-state index in [9.17, 15) is 9.59 Å². The van der Waals surface area contributed by atoms with Gasteiger partial charge in [0.2, 0.25) is 0 Å². The van der Waals surface area contributed by atoms with Gasteiger partial charge in [0.15, 0.2) is 0 Å². The van der Waals surface area contributed by atoms with Crippen molar-refractivity contribution in [1.29, 1.82) is 0 Å². The summed E-state index contributed by atoms with van der Waals surface area (Å²) in [7, 11) is 0. The highest BCUT2D eigenvalue weighted by Gasteiger charge is 2.26. The number of hydrogen-bond donors (Lipinski definition) is 1. The highest BCUT2D eigenvalue weighted by molar-refractivity contribution is 6.34. The van der Waals surface area contributed by atoms with Gasteiger partial charge in [-0.2, -0.15) is 0 Å². The molecule has 2 aromatic carbocycles. The maximum absolute atomic E-state index is 12.4. The van der Waals surface area contributed by atoms with Gasteiger partial charge in [-0.05, 0) is 59.5 Å². The van der Waals surface area contributed by atoms with E-state index in [2.05, 4.69) is 20.6 Å². The van der Waals surface area contributed by atoms with E-state index in [0.29, 0.717) is 23.2 Å². The number of nitrogens with one attached hydrogen (secondary N) is 1. The van der Waals surface area contributed by atoms with Gasteiger partial charge in [0.25, 0.3) is 11.8 Å². The number of carbonyl (C=O) groups excluding carboxylic acids is 2. The predicted octanol–water partition coefficient (Wildman–Crippen LogP) is 2.88. The Balaban J connectivity index is 1.46. The molecule has 0 radical (unpaired) electrons. The van der Waals surface area contributed by atoms with Crippen LogP contribution in [0.5, 0.6) is 0 Å². The van der Waals surface area contributed by atoms with Crippen LogP contribution in [-0.4, -0.2) is 31.8 Å². The number of nitrogens with zero attached hydrogens (tertiary/aromatic N) is 4. The van der Waals surface area contributed by atoms with Crippen LogP contribution in [0.1, 0.15) is 27.0 Å². The number of amides is 2. The zero-order valence-corrected chi connectivity index (χ0v) is 15.9. The molecule has 0 bridgehead atoms. The first kappa shape index (κ1) is 17.9. The fourth-order valence-electron chi connectivity index (χ4n) is 3.61. The van der Waals surface area contributed by atoms with E-state index in [1.165, 1.54) is 5.56 Å². The van der Waals surface area contributed by atoms with Crippen molar-refractivity contribution in [3.05, 3.63) is 89.2 Å². The molecule has 2 amide bonds. The van der Waals surface area contributed by atoms with Gasteiger partial charge in [-0.25, -0.2) is 4.68 Å². The van der Waals surface area contributed by atoms with Gasteiger partial charge in [0, 0.05) is 30.1 Å².